The van der Waals surface area contributed by atoms with Gasteiger partial charge < -0.3 is 10.5 Å². The summed E-state index contributed by atoms with van der Waals surface area (Å²) < 4.78 is 32.1. The van der Waals surface area contributed by atoms with Gasteiger partial charge in [-0.05, 0) is 26.0 Å². The number of nitrogens with zero attached hydrogens (tertiary/aromatic N) is 2. The van der Waals surface area contributed by atoms with Gasteiger partial charge in [-0.25, -0.2) is 8.42 Å². The lowest BCUT2D eigenvalue weighted by atomic mass is 10.2. The van der Waals surface area contributed by atoms with E-state index in [1.165, 1.54) is 10.4 Å². The average molecular weight is 315 g/mol. The molecule has 1 aliphatic heterocycles. The van der Waals surface area contributed by atoms with Gasteiger partial charge in [-0.3, -0.25) is 10.1 Å². The molecule has 1 aromatic carbocycles. The fourth-order valence-corrected chi connectivity index (χ4v) is 4.11. The highest BCUT2D eigenvalue weighted by molar-refractivity contribution is 7.89. The van der Waals surface area contributed by atoms with Crippen molar-refractivity contribution in [3.63, 3.8) is 0 Å². The minimum Gasteiger partial charge on any atom is -0.399 e. The van der Waals surface area contributed by atoms with Crippen molar-refractivity contribution in [2.24, 2.45) is 0 Å². The number of hydrogen-bond donors (Lipinski definition) is 1. The van der Waals surface area contributed by atoms with E-state index in [2.05, 4.69) is 0 Å². The first-order chi connectivity index (χ1) is 9.73. The largest absolute Gasteiger partial charge is 0.399 e. The minimum absolute atomic E-state index is 0.148. The topological polar surface area (TPSA) is 116 Å². The first-order valence-electron chi connectivity index (χ1n) is 6.41. The van der Waals surface area contributed by atoms with E-state index in [1.807, 2.05) is 0 Å². The maximum Gasteiger partial charge on any atom is 0.289 e. The third kappa shape index (κ3) is 2.99. The van der Waals surface area contributed by atoms with Crippen molar-refractivity contribution >= 4 is 21.4 Å². The van der Waals surface area contributed by atoms with Crippen LogP contribution in [-0.2, 0) is 14.8 Å². The fraction of sp³-hybridized carbons (Fsp3) is 0.500. The molecule has 0 spiro atoms. The van der Waals surface area contributed by atoms with Crippen molar-refractivity contribution in [1.82, 2.24) is 4.31 Å². The fourth-order valence-electron chi connectivity index (χ4n) is 2.22. The minimum atomic E-state index is -4.01. The van der Waals surface area contributed by atoms with E-state index >= 15 is 0 Å². The smallest absolute Gasteiger partial charge is 0.289 e. The second-order valence-corrected chi connectivity index (χ2v) is 6.91. The van der Waals surface area contributed by atoms with Crippen LogP contribution in [0.2, 0.25) is 0 Å². The monoisotopic (exact) mass is 315 g/mol. The van der Waals surface area contributed by atoms with Gasteiger partial charge in [0.1, 0.15) is 0 Å². The van der Waals surface area contributed by atoms with Crippen molar-refractivity contribution in [1.29, 1.82) is 0 Å². The Morgan fingerprint density at radius 3 is 2.71 bits per heavy atom. The van der Waals surface area contributed by atoms with Crippen LogP contribution in [-0.4, -0.2) is 42.9 Å². The number of nitrogens with two attached hydrogens (primary N) is 1. The van der Waals surface area contributed by atoms with E-state index in [1.54, 1.807) is 13.8 Å². The molecule has 1 saturated heterocycles. The quantitative estimate of drug-likeness (QED) is 0.505. The molecule has 0 saturated carbocycles. The standard InChI is InChI=1S/C12H17N3O5S/c1-8-7-20-9(2)6-14(8)21(18,19)12-5-10(13)3-4-11(12)15(16)17/h3-5,8-9H,6-7,13H2,1-2H3. The van der Waals surface area contributed by atoms with Gasteiger partial charge >= 0.3 is 0 Å². The van der Waals surface area contributed by atoms with Crippen molar-refractivity contribution in [2.45, 2.75) is 30.9 Å². The Kier molecular flexibility index (Phi) is 4.17. The molecular weight excluding hydrogens is 298 g/mol. The maximum absolute atomic E-state index is 12.7. The summed E-state index contributed by atoms with van der Waals surface area (Å²) in [6.07, 6.45) is -0.268. The van der Waals surface area contributed by atoms with E-state index in [9.17, 15) is 18.5 Å². The molecule has 0 bridgehead atoms. The predicted octanol–water partition coefficient (Wildman–Crippen LogP) is 0.975. The lowest BCUT2D eigenvalue weighted by Crippen LogP contribution is -2.50. The Morgan fingerprint density at radius 1 is 1.43 bits per heavy atom. The molecule has 21 heavy (non-hydrogen) atoms. The van der Waals surface area contributed by atoms with Crippen molar-refractivity contribution < 1.29 is 18.1 Å². The Morgan fingerprint density at radius 2 is 2.10 bits per heavy atom. The second kappa shape index (κ2) is 5.58. The molecule has 1 heterocycles. The molecule has 116 valence electrons. The molecule has 1 fully saturated rings. The van der Waals surface area contributed by atoms with Crippen molar-refractivity contribution in [3.8, 4) is 0 Å². The van der Waals surface area contributed by atoms with Crippen LogP contribution in [0.1, 0.15) is 13.8 Å². The Balaban J connectivity index is 2.53. The van der Waals surface area contributed by atoms with Gasteiger partial charge in [-0.2, -0.15) is 4.31 Å². The van der Waals surface area contributed by atoms with E-state index in [0.717, 1.165) is 12.1 Å². The number of rotatable bonds is 3. The van der Waals surface area contributed by atoms with Crippen LogP contribution in [0.15, 0.2) is 23.1 Å². The third-order valence-electron chi connectivity index (χ3n) is 3.32. The highest BCUT2D eigenvalue weighted by atomic mass is 32.2. The average Bonchev–Trinajstić information content (AvgIpc) is 2.41. The Labute approximate surface area is 122 Å². The van der Waals surface area contributed by atoms with Gasteiger partial charge in [0.25, 0.3) is 5.69 Å². The van der Waals surface area contributed by atoms with Gasteiger partial charge in [0.2, 0.25) is 10.0 Å². The summed E-state index contributed by atoms with van der Waals surface area (Å²) in [5.41, 5.74) is 5.27. The molecule has 2 N–H and O–H groups in total. The Bertz CT molecular complexity index is 661. The lowest BCUT2D eigenvalue weighted by Gasteiger charge is -2.35. The first kappa shape index (κ1) is 15.7. The van der Waals surface area contributed by atoms with E-state index in [-0.39, 0.29) is 29.8 Å². The number of benzene rings is 1. The van der Waals surface area contributed by atoms with Crippen molar-refractivity contribution in [2.75, 3.05) is 18.9 Å². The number of nitro groups is 1. The zero-order valence-corrected chi connectivity index (χ0v) is 12.5. The number of morpholine rings is 1. The number of anilines is 1. The number of hydrogen-bond acceptors (Lipinski definition) is 6. The van der Waals surface area contributed by atoms with Crippen LogP contribution in [0.25, 0.3) is 0 Å². The molecule has 0 aromatic heterocycles. The molecule has 9 heteroatoms. The number of nitro benzene ring substituents is 1. The molecule has 1 aromatic rings. The summed E-state index contributed by atoms with van der Waals surface area (Å²) >= 11 is 0. The highest BCUT2D eigenvalue weighted by Crippen LogP contribution is 2.31. The molecule has 2 unspecified atom stereocenters. The van der Waals surface area contributed by atoms with E-state index in [4.69, 9.17) is 10.5 Å². The molecule has 2 rings (SSSR count). The van der Waals surface area contributed by atoms with Gasteiger partial charge in [0, 0.05) is 24.3 Å². The van der Waals surface area contributed by atoms with Crippen LogP contribution in [0, 0.1) is 10.1 Å². The summed E-state index contributed by atoms with van der Waals surface area (Å²) in [7, 11) is -4.01. The third-order valence-corrected chi connectivity index (χ3v) is 5.33. The summed E-state index contributed by atoms with van der Waals surface area (Å²) in [5, 5.41) is 11.1. The number of sulfonamides is 1. The number of ether oxygens (including phenoxy) is 1. The SMILES string of the molecule is CC1CN(S(=O)(=O)c2cc(N)ccc2[N+](=O)[O-])C(C)CO1. The zero-order chi connectivity index (χ0) is 15.8. The highest BCUT2D eigenvalue weighted by Gasteiger charge is 2.37. The Hall–Kier alpha value is -1.71. The van der Waals surface area contributed by atoms with Gasteiger partial charge in [0.15, 0.2) is 4.90 Å². The van der Waals surface area contributed by atoms with Gasteiger partial charge in [-0.1, -0.05) is 0 Å². The van der Waals surface area contributed by atoms with Crippen LogP contribution in [0.5, 0.6) is 0 Å². The molecule has 0 amide bonds. The predicted molar refractivity (Wildman–Crippen MR) is 76.3 cm³/mol. The van der Waals surface area contributed by atoms with Crippen LogP contribution in [0.3, 0.4) is 0 Å². The van der Waals surface area contributed by atoms with Crippen LogP contribution < -0.4 is 5.73 Å². The first-order valence-corrected chi connectivity index (χ1v) is 7.85. The zero-order valence-electron chi connectivity index (χ0n) is 11.7. The maximum atomic E-state index is 12.7. The number of nitrogen functional groups attached to an aromatic ring is 1. The summed E-state index contributed by atoms with van der Waals surface area (Å²) in [5.74, 6) is 0. The van der Waals surface area contributed by atoms with E-state index in [0.29, 0.717) is 0 Å². The second-order valence-electron chi connectivity index (χ2n) is 5.05. The van der Waals surface area contributed by atoms with Gasteiger partial charge in [0.05, 0.1) is 17.6 Å². The van der Waals surface area contributed by atoms with E-state index < -0.39 is 26.7 Å². The van der Waals surface area contributed by atoms with Gasteiger partial charge in [-0.15, -0.1) is 0 Å². The lowest BCUT2D eigenvalue weighted by molar-refractivity contribution is -0.387. The molecule has 2 atom stereocenters. The summed E-state index contributed by atoms with van der Waals surface area (Å²) in [6.45, 7) is 3.84. The van der Waals surface area contributed by atoms with Crippen LogP contribution in [0.4, 0.5) is 11.4 Å². The molecule has 0 radical (unpaired) electrons. The normalized spacial score (nSPS) is 23.9. The van der Waals surface area contributed by atoms with Crippen molar-refractivity contribution in [3.05, 3.63) is 28.3 Å². The molecule has 8 nitrogen and oxygen atoms in total. The molecule has 1 aliphatic rings. The molecular formula is C12H17N3O5S. The van der Waals surface area contributed by atoms with Crippen LogP contribution >= 0.6 is 0 Å². The summed E-state index contributed by atoms with van der Waals surface area (Å²) in [6, 6.07) is 3.15. The molecule has 0 aliphatic carbocycles. The summed E-state index contributed by atoms with van der Waals surface area (Å²) in [4.78, 5) is 9.96.